The van der Waals surface area contributed by atoms with Gasteiger partial charge in [-0.2, -0.15) is 0 Å². The van der Waals surface area contributed by atoms with E-state index in [0.29, 0.717) is 18.1 Å². The summed E-state index contributed by atoms with van der Waals surface area (Å²) in [6.07, 6.45) is 1.50. The normalized spacial score (nSPS) is 19.8. The Labute approximate surface area is 150 Å². The highest BCUT2D eigenvalue weighted by molar-refractivity contribution is 6.34. The van der Waals surface area contributed by atoms with Crippen LogP contribution in [0.4, 0.5) is 4.79 Å². The molecule has 2 fully saturated rings. The smallest absolute Gasteiger partial charge is 0.410 e. The van der Waals surface area contributed by atoms with Crippen molar-refractivity contribution >= 4 is 28.7 Å². The van der Waals surface area contributed by atoms with Crippen LogP contribution in [-0.2, 0) is 4.74 Å². The van der Waals surface area contributed by atoms with Crippen LogP contribution in [0.5, 0.6) is 0 Å². The molecule has 2 aliphatic rings. The number of halogens is 1. The van der Waals surface area contributed by atoms with Gasteiger partial charge in [-0.25, -0.2) is 9.59 Å². The van der Waals surface area contributed by atoms with E-state index in [-0.39, 0.29) is 23.2 Å². The van der Waals surface area contributed by atoms with Gasteiger partial charge in [0.25, 0.3) is 0 Å². The fourth-order valence-electron chi connectivity index (χ4n) is 4.09. The first kappa shape index (κ1) is 16.5. The first-order valence-electron chi connectivity index (χ1n) is 8.54. The Bertz CT molecular complexity index is 894. The SMILES string of the molecule is CC(C)(C)OC(=O)N1CC2(CC(n3c(=O)[nH]c4cccc(Cl)c43)C2)C1. The summed E-state index contributed by atoms with van der Waals surface area (Å²) in [5, 5.41) is 0.584. The maximum atomic E-state index is 12.3. The largest absolute Gasteiger partial charge is 0.444 e. The third-order valence-corrected chi connectivity index (χ3v) is 5.40. The van der Waals surface area contributed by atoms with Crippen LogP contribution >= 0.6 is 11.6 Å². The minimum atomic E-state index is -0.476. The van der Waals surface area contributed by atoms with Gasteiger partial charge >= 0.3 is 11.8 Å². The highest BCUT2D eigenvalue weighted by atomic mass is 35.5. The predicted octanol–water partition coefficient (Wildman–Crippen LogP) is 3.56. The topological polar surface area (TPSA) is 67.3 Å². The molecule has 1 aromatic heterocycles. The molecule has 0 unspecified atom stereocenters. The van der Waals surface area contributed by atoms with Gasteiger partial charge in [0.15, 0.2) is 0 Å². The molecular formula is C18H22ClN3O3. The molecule has 1 amide bonds. The minimum Gasteiger partial charge on any atom is -0.444 e. The second kappa shape index (κ2) is 5.27. The van der Waals surface area contributed by atoms with E-state index in [1.165, 1.54) is 0 Å². The molecule has 1 aliphatic heterocycles. The van der Waals surface area contributed by atoms with Gasteiger partial charge in [-0.15, -0.1) is 0 Å². The molecule has 25 heavy (non-hydrogen) atoms. The summed E-state index contributed by atoms with van der Waals surface area (Å²) < 4.78 is 7.18. The fourth-order valence-corrected chi connectivity index (χ4v) is 4.35. The van der Waals surface area contributed by atoms with Crippen molar-refractivity contribution in [3.8, 4) is 0 Å². The number of aromatic nitrogens is 2. The zero-order valence-electron chi connectivity index (χ0n) is 14.6. The van der Waals surface area contributed by atoms with Gasteiger partial charge in [-0.3, -0.25) is 4.57 Å². The molecule has 6 nitrogen and oxygen atoms in total. The molecule has 0 bridgehead atoms. The van der Waals surface area contributed by atoms with Gasteiger partial charge < -0.3 is 14.6 Å². The van der Waals surface area contributed by atoms with E-state index in [9.17, 15) is 9.59 Å². The van der Waals surface area contributed by atoms with Gasteiger partial charge in [-0.05, 0) is 45.7 Å². The Morgan fingerprint density at radius 1 is 1.32 bits per heavy atom. The average molecular weight is 364 g/mol. The van der Waals surface area contributed by atoms with Crippen molar-refractivity contribution < 1.29 is 9.53 Å². The lowest BCUT2D eigenvalue weighted by atomic mass is 9.60. The Morgan fingerprint density at radius 2 is 2.00 bits per heavy atom. The number of nitrogens with one attached hydrogen (secondary N) is 1. The maximum absolute atomic E-state index is 12.3. The number of rotatable bonds is 1. The third kappa shape index (κ3) is 2.72. The van der Waals surface area contributed by atoms with E-state index >= 15 is 0 Å². The lowest BCUT2D eigenvalue weighted by molar-refractivity contribution is -0.0905. The molecule has 1 saturated carbocycles. The summed E-state index contributed by atoms with van der Waals surface area (Å²) in [6.45, 7) is 7.00. The van der Waals surface area contributed by atoms with Crippen LogP contribution < -0.4 is 5.69 Å². The molecule has 134 valence electrons. The van der Waals surface area contributed by atoms with Crippen LogP contribution in [0, 0.1) is 5.41 Å². The van der Waals surface area contributed by atoms with Crippen LogP contribution in [0.15, 0.2) is 23.0 Å². The van der Waals surface area contributed by atoms with Crippen molar-refractivity contribution in [1.29, 1.82) is 0 Å². The second-order valence-corrected chi connectivity index (χ2v) is 8.74. The van der Waals surface area contributed by atoms with Crippen LogP contribution in [-0.4, -0.2) is 39.2 Å². The van der Waals surface area contributed by atoms with Crippen molar-refractivity contribution in [2.75, 3.05) is 13.1 Å². The molecule has 0 radical (unpaired) electrons. The highest BCUT2D eigenvalue weighted by Gasteiger charge is 2.55. The van der Waals surface area contributed by atoms with Crippen LogP contribution in [0.25, 0.3) is 11.0 Å². The molecule has 1 N–H and O–H groups in total. The van der Waals surface area contributed by atoms with Gasteiger partial charge in [0.1, 0.15) is 5.60 Å². The first-order valence-corrected chi connectivity index (χ1v) is 8.92. The van der Waals surface area contributed by atoms with E-state index in [1.807, 2.05) is 32.9 Å². The number of ether oxygens (including phenoxy) is 1. The zero-order chi connectivity index (χ0) is 18.0. The number of hydrogen-bond acceptors (Lipinski definition) is 3. The molecule has 2 heterocycles. The second-order valence-electron chi connectivity index (χ2n) is 8.33. The standard InChI is InChI=1S/C18H22ClN3O3/c1-17(2,3)25-16(24)21-9-18(10-21)7-11(8-18)22-14-12(19)5-4-6-13(14)20-15(22)23/h4-6,11H,7-10H2,1-3H3,(H,20,23). The number of hydrogen-bond donors (Lipinski definition) is 1. The van der Waals surface area contributed by atoms with Gasteiger partial charge in [0, 0.05) is 24.5 Å². The number of aromatic amines is 1. The third-order valence-electron chi connectivity index (χ3n) is 5.09. The van der Waals surface area contributed by atoms with Crippen molar-refractivity contribution in [1.82, 2.24) is 14.5 Å². The number of imidazole rings is 1. The molecular weight excluding hydrogens is 342 g/mol. The Kier molecular flexibility index (Phi) is 3.48. The Balaban J connectivity index is 1.45. The summed E-state index contributed by atoms with van der Waals surface area (Å²) in [7, 11) is 0. The van der Waals surface area contributed by atoms with E-state index < -0.39 is 5.60 Å². The number of benzene rings is 1. The van der Waals surface area contributed by atoms with Crippen molar-refractivity contribution in [2.24, 2.45) is 5.41 Å². The van der Waals surface area contributed by atoms with E-state index in [1.54, 1.807) is 15.5 Å². The van der Waals surface area contributed by atoms with Crippen LogP contribution in [0.1, 0.15) is 39.7 Å². The summed E-state index contributed by atoms with van der Waals surface area (Å²) >= 11 is 6.30. The first-order chi connectivity index (χ1) is 11.7. The number of carbonyl (C=O) groups is 1. The molecule has 1 aliphatic carbocycles. The number of nitrogens with zero attached hydrogens (tertiary/aromatic N) is 2. The summed E-state index contributed by atoms with van der Waals surface area (Å²) in [4.78, 5) is 29.0. The number of carbonyl (C=O) groups excluding carboxylic acids is 1. The molecule has 0 atom stereocenters. The van der Waals surface area contributed by atoms with Crippen molar-refractivity contribution in [3.63, 3.8) is 0 Å². The van der Waals surface area contributed by atoms with Gasteiger partial charge in [0.2, 0.25) is 0 Å². The number of fused-ring (bicyclic) bond motifs is 1. The molecule has 7 heteroatoms. The molecule has 2 aromatic rings. The van der Waals surface area contributed by atoms with Crippen molar-refractivity contribution in [3.05, 3.63) is 33.7 Å². The molecule has 4 rings (SSSR count). The average Bonchev–Trinajstić information content (AvgIpc) is 2.71. The summed E-state index contributed by atoms with van der Waals surface area (Å²) in [5.74, 6) is 0. The van der Waals surface area contributed by atoms with Gasteiger partial charge in [-0.1, -0.05) is 17.7 Å². The molecule has 1 aromatic carbocycles. The predicted molar refractivity (Wildman–Crippen MR) is 96.1 cm³/mol. The Morgan fingerprint density at radius 3 is 2.64 bits per heavy atom. The number of likely N-dealkylation sites (tertiary alicyclic amines) is 1. The van der Waals surface area contributed by atoms with E-state index in [2.05, 4.69) is 4.98 Å². The van der Waals surface area contributed by atoms with Crippen LogP contribution in [0.2, 0.25) is 5.02 Å². The quantitative estimate of drug-likeness (QED) is 0.842. The summed E-state index contributed by atoms with van der Waals surface area (Å²) in [5.41, 5.74) is 1.06. The fraction of sp³-hybridized carbons (Fsp3) is 0.556. The molecule has 1 saturated heterocycles. The maximum Gasteiger partial charge on any atom is 0.410 e. The molecule has 1 spiro atoms. The lowest BCUT2D eigenvalue weighted by Crippen LogP contribution is -2.64. The van der Waals surface area contributed by atoms with E-state index in [0.717, 1.165) is 23.9 Å². The van der Waals surface area contributed by atoms with Crippen LogP contribution in [0.3, 0.4) is 0 Å². The van der Waals surface area contributed by atoms with E-state index in [4.69, 9.17) is 16.3 Å². The zero-order valence-corrected chi connectivity index (χ0v) is 15.4. The highest BCUT2D eigenvalue weighted by Crippen LogP contribution is 2.54. The Hall–Kier alpha value is -1.95. The monoisotopic (exact) mass is 363 g/mol. The number of H-pyrrole nitrogens is 1. The number of amides is 1. The van der Waals surface area contributed by atoms with Crippen molar-refractivity contribution in [2.45, 2.75) is 45.3 Å². The number of para-hydroxylation sites is 1. The lowest BCUT2D eigenvalue weighted by Gasteiger charge is -2.58. The van der Waals surface area contributed by atoms with Gasteiger partial charge in [0.05, 0.1) is 16.1 Å². The minimum absolute atomic E-state index is 0.117. The summed E-state index contributed by atoms with van der Waals surface area (Å²) in [6, 6.07) is 5.62.